The Hall–Kier alpha value is -1.44. The first-order valence-electron chi connectivity index (χ1n) is 6.78. The van der Waals surface area contributed by atoms with Gasteiger partial charge >= 0.3 is 0 Å². The summed E-state index contributed by atoms with van der Waals surface area (Å²) in [5.74, 6) is 0.0427. The van der Waals surface area contributed by atoms with Crippen LogP contribution in [0.3, 0.4) is 0 Å². The van der Waals surface area contributed by atoms with Crippen molar-refractivity contribution in [2.45, 2.75) is 24.3 Å². The Morgan fingerprint density at radius 2 is 2.05 bits per heavy atom. The lowest BCUT2D eigenvalue weighted by Gasteiger charge is -2.36. The first-order valence-corrected chi connectivity index (χ1v) is 8.33. The van der Waals surface area contributed by atoms with Gasteiger partial charge in [-0.15, -0.1) is 0 Å². The number of primary sulfonamides is 1. The maximum atomic E-state index is 12.6. The van der Waals surface area contributed by atoms with Crippen molar-refractivity contribution >= 4 is 15.9 Å². The van der Waals surface area contributed by atoms with E-state index in [1.54, 1.807) is 24.1 Å². The third-order valence-corrected chi connectivity index (χ3v) is 4.87. The number of carbonyl (C=O) groups excluding carboxylic acids is 1. The Balaban J connectivity index is 2.29. The minimum atomic E-state index is -3.93. The molecule has 0 bridgehead atoms. The maximum absolute atomic E-state index is 12.6. The number of carbonyl (C=O) groups is 1. The highest BCUT2D eigenvalue weighted by atomic mass is 32.2. The van der Waals surface area contributed by atoms with E-state index >= 15 is 0 Å². The van der Waals surface area contributed by atoms with Crippen molar-refractivity contribution in [1.82, 2.24) is 4.90 Å². The highest BCUT2D eigenvalue weighted by Gasteiger charge is 2.31. The highest BCUT2D eigenvalue weighted by molar-refractivity contribution is 7.89. The molecule has 1 heterocycles. The molecule has 1 fully saturated rings. The van der Waals surface area contributed by atoms with Crippen molar-refractivity contribution in [1.29, 1.82) is 0 Å². The SMILES string of the molecule is COC1CN(C(=O)c2ccccc2S(N)(=O)=O)CCC1C. The Bertz CT molecular complexity index is 630. The fourth-order valence-corrected chi connectivity index (χ4v) is 3.32. The van der Waals surface area contributed by atoms with E-state index in [2.05, 4.69) is 6.92 Å². The molecule has 1 aliphatic rings. The molecule has 6 nitrogen and oxygen atoms in total. The first-order chi connectivity index (χ1) is 9.84. The lowest BCUT2D eigenvalue weighted by Crippen LogP contribution is -2.47. The van der Waals surface area contributed by atoms with Gasteiger partial charge in [0.2, 0.25) is 10.0 Å². The highest BCUT2D eigenvalue weighted by Crippen LogP contribution is 2.23. The monoisotopic (exact) mass is 312 g/mol. The molecule has 2 unspecified atom stereocenters. The Morgan fingerprint density at radius 3 is 2.67 bits per heavy atom. The number of ether oxygens (including phenoxy) is 1. The van der Waals surface area contributed by atoms with Gasteiger partial charge in [-0.2, -0.15) is 0 Å². The Kier molecular flexibility index (Phi) is 4.65. The number of sulfonamides is 1. The molecule has 7 heteroatoms. The predicted octanol–water partition coefficient (Wildman–Crippen LogP) is 0.831. The van der Waals surface area contributed by atoms with Crippen molar-refractivity contribution in [2.24, 2.45) is 11.1 Å². The second-order valence-electron chi connectivity index (χ2n) is 5.33. The summed E-state index contributed by atoms with van der Waals surface area (Å²) in [6.07, 6.45) is 0.784. The number of nitrogens with zero attached hydrogens (tertiary/aromatic N) is 1. The van der Waals surface area contributed by atoms with E-state index in [9.17, 15) is 13.2 Å². The van der Waals surface area contributed by atoms with Gasteiger partial charge in [0, 0.05) is 20.2 Å². The number of benzene rings is 1. The molecule has 116 valence electrons. The van der Waals surface area contributed by atoms with E-state index in [0.717, 1.165) is 6.42 Å². The average molecular weight is 312 g/mol. The van der Waals surface area contributed by atoms with Crippen LogP contribution < -0.4 is 5.14 Å². The summed E-state index contributed by atoms with van der Waals surface area (Å²) in [6, 6.07) is 6.01. The van der Waals surface area contributed by atoms with Crippen LogP contribution >= 0.6 is 0 Å². The fourth-order valence-electron chi connectivity index (χ4n) is 2.59. The number of hydrogen-bond donors (Lipinski definition) is 1. The van der Waals surface area contributed by atoms with Gasteiger partial charge in [0.05, 0.1) is 16.6 Å². The third kappa shape index (κ3) is 3.42. The van der Waals surface area contributed by atoms with Crippen LogP contribution in [-0.2, 0) is 14.8 Å². The van der Waals surface area contributed by atoms with Crippen LogP contribution in [0.4, 0.5) is 0 Å². The van der Waals surface area contributed by atoms with Gasteiger partial charge in [-0.05, 0) is 24.5 Å². The number of methoxy groups -OCH3 is 1. The van der Waals surface area contributed by atoms with E-state index in [1.165, 1.54) is 12.1 Å². The normalized spacial score (nSPS) is 23.1. The topological polar surface area (TPSA) is 89.7 Å². The summed E-state index contributed by atoms with van der Waals surface area (Å²) in [4.78, 5) is 14.1. The molecule has 0 aromatic heterocycles. The quantitative estimate of drug-likeness (QED) is 0.895. The molecule has 1 amide bonds. The van der Waals surface area contributed by atoms with Gasteiger partial charge in [-0.25, -0.2) is 13.6 Å². The standard InChI is InChI=1S/C14H20N2O4S/c1-10-7-8-16(9-12(10)20-2)14(17)11-5-3-4-6-13(11)21(15,18)19/h3-6,10,12H,7-9H2,1-2H3,(H2,15,18,19). The zero-order chi connectivity index (χ0) is 15.6. The summed E-state index contributed by atoms with van der Waals surface area (Å²) >= 11 is 0. The third-order valence-electron chi connectivity index (χ3n) is 3.90. The largest absolute Gasteiger partial charge is 0.379 e. The molecule has 21 heavy (non-hydrogen) atoms. The van der Waals surface area contributed by atoms with Crippen LogP contribution in [0, 0.1) is 5.92 Å². The van der Waals surface area contributed by atoms with Crippen LogP contribution in [0.25, 0.3) is 0 Å². The molecule has 0 spiro atoms. The number of amides is 1. The minimum absolute atomic E-state index is 0.0376. The van der Waals surface area contributed by atoms with Gasteiger partial charge in [0.15, 0.2) is 0 Å². The molecule has 0 aliphatic carbocycles. The van der Waals surface area contributed by atoms with Gasteiger partial charge in [-0.3, -0.25) is 4.79 Å². The summed E-state index contributed by atoms with van der Waals surface area (Å²) in [5.41, 5.74) is 0.115. The molecular weight excluding hydrogens is 292 g/mol. The summed E-state index contributed by atoms with van der Waals surface area (Å²) in [7, 11) is -2.31. The molecule has 0 radical (unpaired) electrons. The number of nitrogens with two attached hydrogens (primary N) is 1. The molecule has 0 saturated carbocycles. The van der Waals surface area contributed by atoms with E-state index < -0.39 is 10.0 Å². The second kappa shape index (κ2) is 6.13. The van der Waals surface area contributed by atoms with E-state index in [4.69, 9.17) is 9.88 Å². The molecule has 2 atom stereocenters. The second-order valence-corrected chi connectivity index (χ2v) is 6.86. The molecule has 1 aromatic carbocycles. The number of rotatable bonds is 3. The van der Waals surface area contributed by atoms with E-state index in [1.807, 2.05) is 0 Å². The van der Waals surface area contributed by atoms with Crippen LogP contribution in [0.15, 0.2) is 29.2 Å². The van der Waals surface area contributed by atoms with Crippen molar-refractivity contribution in [3.63, 3.8) is 0 Å². The van der Waals surface area contributed by atoms with Gasteiger partial charge in [-0.1, -0.05) is 19.1 Å². The maximum Gasteiger partial charge on any atom is 0.255 e. The van der Waals surface area contributed by atoms with Crippen LogP contribution in [0.1, 0.15) is 23.7 Å². The number of piperidine rings is 1. The van der Waals surface area contributed by atoms with Gasteiger partial charge in [0.25, 0.3) is 5.91 Å². The Morgan fingerprint density at radius 1 is 1.38 bits per heavy atom. The van der Waals surface area contributed by atoms with Crippen molar-refractivity contribution < 1.29 is 17.9 Å². The molecule has 1 aliphatic heterocycles. The zero-order valence-electron chi connectivity index (χ0n) is 12.2. The van der Waals surface area contributed by atoms with Crippen LogP contribution in [-0.4, -0.2) is 45.5 Å². The summed E-state index contributed by atoms with van der Waals surface area (Å²) in [6.45, 7) is 3.11. The predicted molar refractivity (Wildman–Crippen MR) is 78.3 cm³/mol. The first kappa shape index (κ1) is 15.9. The van der Waals surface area contributed by atoms with E-state index in [-0.39, 0.29) is 22.5 Å². The minimum Gasteiger partial charge on any atom is -0.379 e. The molecule has 2 rings (SSSR count). The van der Waals surface area contributed by atoms with Crippen LogP contribution in [0.2, 0.25) is 0 Å². The zero-order valence-corrected chi connectivity index (χ0v) is 13.0. The smallest absolute Gasteiger partial charge is 0.255 e. The number of hydrogen-bond acceptors (Lipinski definition) is 4. The Labute approximate surface area is 124 Å². The fraction of sp³-hybridized carbons (Fsp3) is 0.500. The van der Waals surface area contributed by atoms with E-state index in [0.29, 0.717) is 19.0 Å². The molecular formula is C14H20N2O4S. The van der Waals surface area contributed by atoms with Crippen molar-refractivity contribution in [2.75, 3.05) is 20.2 Å². The molecule has 2 N–H and O–H groups in total. The van der Waals surface area contributed by atoms with Gasteiger partial charge < -0.3 is 9.64 Å². The van der Waals surface area contributed by atoms with Crippen molar-refractivity contribution in [3.05, 3.63) is 29.8 Å². The van der Waals surface area contributed by atoms with Crippen molar-refractivity contribution in [3.8, 4) is 0 Å². The van der Waals surface area contributed by atoms with Crippen LogP contribution in [0.5, 0.6) is 0 Å². The average Bonchev–Trinajstić information content (AvgIpc) is 2.46. The molecule has 1 aromatic rings. The summed E-state index contributed by atoms with van der Waals surface area (Å²) in [5, 5.41) is 5.18. The lowest BCUT2D eigenvalue weighted by molar-refractivity contribution is -0.00169. The number of likely N-dealkylation sites (tertiary alicyclic amines) is 1. The van der Waals surface area contributed by atoms with Gasteiger partial charge in [0.1, 0.15) is 0 Å². The summed E-state index contributed by atoms with van der Waals surface area (Å²) < 4.78 is 28.6. The lowest BCUT2D eigenvalue weighted by atomic mass is 9.95. The molecule has 1 saturated heterocycles.